The fourth-order valence-corrected chi connectivity index (χ4v) is 3.07. The smallest absolute Gasteiger partial charge is 0.373 e. The molecule has 0 saturated carbocycles. The molecule has 0 aliphatic rings. The molecule has 2 heterocycles. The van der Waals surface area contributed by atoms with E-state index in [1.165, 1.54) is 6.33 Å². The number of nitrogens with one attached hydrogen (secondary N) is 2. The van der Waals surface area contributed by atoms with Crippen LogP contribution in [0.5, 0.6) is 11.5 Å². The SMILES string of the molecule is CCOc1cc(-c2cccc(O[C@@H](O)C(=O)O)c2)ccc1-c1nc2nc[nH]c2c(=O)[nH]1. The van der Waals surface area contributed by atoms with Crippen molar-refractivity contribution in [2.24, 2.45) is 0 Å². The minimum Gasteiger partial charge on any atom is -0.493 e. The van der Waals surface area contributed by atoms with E-state index in [0.29, 0.717) is 40.5 Å². The number of H-pyrrole nitrogens is 2. The van der Waals surface area contributed by atoms with Gasteiger partial charge in [0.15, 0.2) is 11.2 Å². The van der Waals surface area contributed by atoms with Crippen LogP contribution in [0, 0.1) is 0 Å². The molecule has 0 spiro atoms. The van der Waals surface area contributed by atoms with Crippen molar-refractivity contribution in [3.05, 3.63) is 59.1 Å². The van der Waals surface area contributed by atoms with Crippen LogP contribution in [-0.4, -0.2) is 49.0 Å². The van der Waals surface area contributed by atoms with Gasteiger partial charge in [0.05, 0.1) is 18.5 Å². The maximum Gasteiger partial charge on any atom is 0.373 e. The first-order valence-corrected chi connectivity index (χ1v) is 9.35. The Hall–Kier alpha value is -4.18. The maximum atomic E-state index is 12.3. The van der Waals surface area contributed by atoms with Crippen molar-refractivity contribution in [2.45, 2.75) is 13.2 Å². The summed E-state index contributed by atoms with van der Waals surface area (Å²) in [5.41, 5.74) is 2.30. The number of carbonyl (C=O) groups is 1. The highest BCUT2D eigenvalue weighted by Crippen LogP contribution is 2.34. The molecule has 158 valence electrons. The van der Waals surface area contributed by atoms with Crippen LogP contribution in [0.4, 0.5) is 0 Å². The van der Waals surface area contributed by atoms with Gasteiger partial charge in [-0.25, -0.2) is 14.8 Å². The Labute approximate surface area is 175 Å². The van der Waals surface area contributed by atoms with Gasteiger partial charge in [0, 0.05) is 0 Å². The molecule has 31 heavy (non-hydrogen) atoms. The average Bonchev–Trinajstić information content (AvgIpc) is 3.23. The Morgan fingerprint density at radius 1 is 1.19 bits per heavy atom. The zero-order valence-corrected chi connectivity index (χ0v) is 16.3. The number of carboxylic acids is 1. The number of fused-ring (bicyclic) bond motifs is 1. The molecule has 4 N–H and O–H groups in total. The Morgan fingerprint density at radius 2 is 2.00 bits per heavy atom. The summed E-state index contributed by atoms with van der Waals surface area (Å²) < 4.78 is 10.8. The number of benzene rings is 2. The van der Waals surface area contributed by atoms with Crippen LogP contribution in [0.2, 0.25) is 0 Å². The second-order valence-electron chi connectivity index (χ2n) is 6.50. The second-order valence-corrected chi connectivity index (χ2v) is 6.50. The van der Waals surface area contributed by atoms with Crippen LogP contribution in [0.3, 0.4) is 0 Å². The highest BCUT2D eigenvalue weighted by molar-refractivity contribution is 5.77. The number of hydrogen-bond donors (Lipinski definition) is 4. The van der Waals surface area contributed by atoms with Crippen molar-refractivity contribution in [1.29, 1.82) is 0 Å². The number of carboxylic acid groups (broad SMARTS) is 1. The Morgan fingerprint density at radius 3 is 2.77 bits per heavy atom. The minimum atomic E-state index is -1.96. The molecule has 0 fully saturated rings. The molecule has 0 bridgehead atoms. The van der Waals surface area contributed by atoms with Crippen molar-refractivity contribution < 1.29 is 24.5 Å². The molecule has 2 aromatic heterocycles. The topological polar surface area (TPSA) is 150 Å². The lowest BCUT2D eigenvalue weighted by Gasteiger charge is -2.13. The summed E-state index contributed by atoms with van der Waals surface area (Å²) in [6, 6.07) is 12.0. The number of imidazole rings is 1. The summed E-state index contributed by atoms with van der Waals surface area (Å²) in [6.07, 6.45) is -0.559. The van der Waals surface area contributed by atoms with Gasteiger partial charge in [0.2, 0.25) is 0 Å². The molecule has 0 radical (unpaired) electrons. The van der Waals surface area contributed by atoms with Gasteiger partial charge in [-0.2, -0.15) is 0 Å². The molecule has 10 nitrogen and oxygen atoms in total. The molecular weight excluding hydrogens is 404 g/mol. The molecule has 0 amide bonds. The monoisotopic (exact) mass is 422 g/mol. The van der Waals surface area contributed by atoms with Gasteiger partial charge in [-0.05, 0) is 42.3 Å². The number of aliphatic hydroxyl groups excluding tert-OH is 1. The van der Waals surface area contributed by atoms with Gasteiger partial charge in [-0.3, -0.25) is 4.79 Å². The molecule has 0 aliphatic carbocycles. The second kappa shape index (κ2) is 8.28. The standard InChI is InChI=1S/C21H18N4O6/c1-2-30-15-9-12(11-4-3-5-13(8-11)31-21(29)20(27)28)6-7-14(15)17-24-18-16(19(26)25-17)22-10-23-18/h3-10,21,29H,2H2,1H3,(H,27,28)(H2,22,23,24,25,26)/t21-/m1/s1. The first-order valence-electron chi connectivity index (χ1n) is 9.35. The lowest BCUT2D eigenvalue weighted by Crippen LogP contribution is -2.26. The van der Waals surface area contributed by atoms with Crippen LogP contribution in [0.1, 0.15) is 6.92 Å². The molecule has 0 aliphatic heterocycles. The van der Waals surface area contributed by atoms with Crippen molar-refractivity contribution in [1.82, 2.24) is 19.9 Å². The third-order valence-corrected chi connectivity index (χ3v) is 4.46. The van der Waals surface area contributed by atoms with E-state index >= 15 is 0 Å². The third kappa shape index (κ3) is 4.09. The molecule has 4 rings (SSSR count). The first-order chi connectivity index (χ1) is 15.0. The average molecular weight is 422 g/mol. The van der Waals surface area contributed by atoms with E-state index in [1.807, 2.05) is 6.92 Å². The highest BCUT2D eigenvalue weighted by atomic mass is 16.6. The Kier molecular flexibility index (Phi) is 5.37. The van der Waals surface area contributed by atoms with Gasteiger partial charge < -0.3 is 29.7 Å². The van der Waals surface area contributed by atoms with Crippen molar-refractivity contribution >= 4 is 17.1 Å². The molecular formula is C21H18N4O6. The fourth-order valence-electron chi connectivity index (χ4n) is 3.07. The van der Waals surface area contributed by atoms with Gasteiger partial charge in [0.1, 0.15) is 17.3 Å². The normalized spacial score (nSPS) is 11.9. The zero-order valence-electron chi connectivity index (χ0n) is 16.3. The van der Waals surface area contributed by atoms with Crippen molar-refractivity contribution in [3.63, 3.8) is 0 Å². The van der Waals surface area contributed by atoms with Crippen LogP contribution in [0.15, 0.2) is 53.6 Å². The molecule has 0 unspecified atom stereocenters. The number of aromatic amines is 2. The Bertz CT molecular complexity index is 1310. The first kappa shape index (κ1) is 20.1. The lowest BCUT2D eigenvalue weighted by atomic mass is 10.0. The Balaban J connectivity index is 1.74. The van der Waals surface area contributed by atoms with E-state index < -0.39 is 12.3 Å². The predicted octanol–water partition coefficient (Wildman–Crippen LogP) is 2.16. The molecule has 10 heteroatoms. The van der Waals surface area contributed by atoms with Gasteiger partial charge >= 0.3 is 5.97 Å². The van der Waals surface area contributed by atoms with Crippen LogP contribution in [-0.2, 0) is 4.79 Å². The number of rotatable bonds is 7. The molecule has 0 saturated heterocycles. The zero-order chi connectivity index (χ0) is 22.0. The molecule has 2 aromatic carbocycles. The van der Waals surface area contributed by atoms with E-state index in [1.54, 1.807) is 42.5 Å². The number of aliphatic hydroxyl groups is 1. The van der Waals surface area contributed by atoms with Crippen LogP contribution in [0.25, 0.3) is 33.7 Å². The summed E-state index contributed by atoms with van der Waals surface area (Å²) in [5, 5.41) is 18.2. The molecule has 1 atom stereocenters. The molecule has 4 aromatic rings. The van der Waals surface area contributed by atoms with E-state index in [0.717, 1.165) is 5.56 Å². The predicted molar refractivity (Wildman–Crippen MR) is 111 cm³/mol. The van der Waals surface area contributed by atoms with Gasteiger partial charge in [-0.15, -0.1) is 0 Å². The summed E-state index contributed by atoms with van der Waals surface area (Å²) in [6.45, 7) is 2.23. The summed E-state index contributed by atoms with van der Waals surface area (Å²) in [4.78, 5) is 37.0. The number of hydrogen-bond acceptors (Lipinski definition) is 7. The maximum absolute atomic E-state index is 12.3. The van der Waals surface area contributed by atoms with E-state index in [4.69, 9.17) is 14.6 Å². The largest absolute Gasteiger partial charge is 0.493 e. The van der Waals surface area contributed by atoms with E-state index in [2.05, 4.69) is 19.9 Å². The third-order valence-electron chi connectivity index (χ3n) is 4.46. The number of aliphatic carboxylic acids is 1. The quantitative estimate of drug-likeness (QED) is 0.331. The van der Waals surface area contributed by atoms with Gasteiger partial charge in [0.25, 0.3) is 11.8 Å². The van der Waals surface area contributed by atoms with E-state index in [9.17, 15) is 14.7 Å². The number of ether oxygens (including phenoxy) is 2. The van der Waals surface area contributed by atoms with Crippen molar-refractivity contribution in [2.75, 3.05) is 6.61 Å². The van der Waals surface area contributed by atoms with Crippen LogP contribution >= 0.6 is 0 Å². The number of aromatic nitrogens is 4. The van der Waals surface area contributed by atoms with Crippen LogP contribution < -0.4 is 15.0 Å². The highest BCUT2D eigenvalue weighted by Gasteiger charge is 2.16. The summed E-state index contributed by atoms with van der Waals surface area (Å²) in [5.74, 6) is -0.468. The van der Waals surface area contributed by atoms with E-state index in [-0.39, 0.29) is 11.3 Å². The summed E-state index contributed by atoms with van der Waals surface area (Å²) >= 11 is 0. The van der Waals surface area contributed by atoms with Crippen molar-refractivity contribution in [3.8, 4) is 34.0 Å². The fraction of sp³-hybridized carbons (Fsp3) is 0.143. The number of nitrogens with zero attached hydrogens (tertiary/aromatic N) is 2. The lowest BCUT2D eigenvalue weighted by molar-refractivity contribution is -0.162. The minimum absolute atomic E-state index is 0.199. The summed E-state index contributed by atoms with van der Waals surface area (Å²) in [7, 11) is 0. The van der Waals surface area contributed by atoms with Gasteiger partial charge in [-0.1, -0.05) is 18.2 Å².